The molecule has 1 amide bonds. The Balaban J connectivity index is 1.35. The highest BCUT2D eigenvalue weighted by atomic mass is 35.5. The summed E-state index contributed by atoms with van der Waals surface area (Å²) in [4.78, 5) is 15.3. The van der Waals surface area contributed by atoms with Gasteiger partial charge in [-0.25, -0.2) is 9.07 Å². The van der Waals surface area contributed by atoms with E-state index in [2.05, 4.69) is 15.4 Å². The van der Waals surface area contributed by atoms with Crippen LogP contribution in [0.3, 0.4) is 0 Å². The number of hydrogen-bond donors (Lipinski definition) is 1. The molecule has 5 rings (SSSR count). The van der Waals surface area contributed by atoms with Crippen LogP contribution in [0.4, 0.5) is 10.1 Å². The van der Waals surface area contributed by atoms with Gasteiger partial charge in [0.05, 0.1) is 25.7 Å². The van der Waals surface area contributed by atoms with Gasteiger partial charge in [0.2, 0.25) is 11.7 Å². The van der Waals surface area contributed by atoms with E-state index in [0.717, 1.165) is 11.3 Å². The fraction of sp³-hybridized carbons (Fsp3) is 0.240. The van der Waals surface area contributed by atoms with E-state index >= 15 is 0 Å². The number of methoxy groups -OCH3 is 1. The minimum atomic E-state index is -1.49. The van der Waals surface area contributed by atoms with Gasteiger partial charge in [-0.2, -0.15) is 4.98 Å². The second kappa shape index (κ2) is 9.42. The molecule has 0 saturated heterocycles. The van der Waals surface area contributed by atoms with Crippen LogP contribution in [0.5, 0.6) is 11.8 Å². The number of carbonyl (C=O) groups excluding carboxylic acids is 1. The molecule has 0 bridgehead atoms. The average Bonchev–Trinajstić information content (AvgIpc) is 3.25. The molecule has 1 N–H and O–H groups in total. The van der Waals surface area contributed by atoms with Gasteiger partial charge in [0.25, 0.3) is 0 Å². The van der Waals surface area contributed by atoms with Gasteiger partial charge in [-0.15, -0.1) is 16.7 Å². The van der Waals surface area contributed by atoms with Crippen molar-refractivity contribution >= 4 is 23.2 Å². The van der Waals surface area contributed by atoms with Crippen molar-refractivity contribution in [3.63, 3.8) is 0 Å². The van der Waals surface area contributed by atoms with E-state index in [1.54, 1.807) is 48.2 Å². The van der Waals surface area contributed by atoms with E-state index in [1.807, 2.05) is 24.3 Å². The van der Waals surface area contributed by atoms with Gasteiger partial charge < -0.3 is 19.2 Å². The highest BCUT2D eigenvalue weighted by Crippen LogP contribution is 2.46. The van der Waals surface area contributed by atoms with Gasteiger partial charge in [0.15, 0.2) is 10.6 Å². The van der Waals surface area contributed by atoms with Crippen LogP contribution in [0, 0.1) is 0 Å². The molecule has 0 spiro atoms. The normalized spacial score (nSPS) is 18.8. The van der Waals surface area contributed by atoms with Gasteiger partial charge in [-0.05, 0) is 48.0 Å². The van der Waals surface area contributed by atoms with Crippen LogP contribution in [0.2, 0.25) is 0 Å². The number of hydrogen-bond acceptors (Lipinski definition) is 6. The van der Waals surface area contributed by atoms with Crippen LogP contribution in [-0.4, -0.2) is 45.4 Å². The molecule has 1 saturated carbocycles. The maximum atomic E-state index is 13.5. The molecule has 2 heterocycles. The SMILES string of the molecule is COc1ccc(CCOc2nc(-c3ccco3)n(-c3cccc(NC(=O)[C@]4(Cl)C[C@@H]4F)c3)n2)cc1. The van der Waals surface area contributed by atoms with Crippen molar-refractivity contribution < 1.29 is 23.1 Å². The first-order valence-electron chi connectivity index (χ1n) is 11.0. The number of carbonyl (C=O) groups is 1. The minimum absolute atomic E-state index is 0.00300. The van der Waals surface area contributed by atoms with Crippen molar-refractivity contribution in [1.29, 1.82) is 0 Å². The Bertz CT molecular complexity index is 1330. The number of ether oxygens (including phenoxy) is 2. The number of benzene rings is 2. The molecule has 4 aromatic rings. The zero-order valence-electron chi connectivity index (χ0n) is 18.8. The molecule has 2 aromatic heterocycles. The summed E-state index contributed by atoms with van der Waals surface area (Å²) in [5.41, 5.74) is 2.14. The lowest BCUT2D eigenvalue weighted by Gasteiger charge is -2.10. The lowest BCUT2D eigenvalue weighted by atomic mass is 10.1. The monoisotopic (exact) mass is 496 g/mol. The molecule has 8 nitrogen and oxygen atoms in total. The molecule has 0 aliphatic heterocycles. The number of anilines is 1. The molecule has 0 unspecified atom stereocenters. The average molecular weight is 497 g/mol. The molecule has 0 radical (unpaired) electrons. The van der Waals surface area contributed by atoms with E-state index in [1.165, 1.54) is 6.26 Å². The first-order chi connectivity index (χ1) is 17.0. The van der Waals surface area contributed by atoms with E-state index in [0.29, 0.717) is 36.0 Å². The molecular formula is C25H22ClFN4O4. The van der Waals surface area contributed by atoms with E-state index < -0.39 is 17.0 Å². The Morgan fingerprint density at radius 2 is 2.06 bits per heavy atom. The summed E-state index contributed by atoms with van der Waals surface area (Å²) < 4.78 is 31.6. The molecule has 2 aromatic carbocycles. The standard InChI is InChI=1S/C25H22ClFN4O4/c1-33-19-9-7-16(8-10-19)11-13-35-24-29-22(20-6-3-12-34-20)31(30-24)18-5-2-4-17(14-18)28-23(32)25(26)15-21(25)27/h2-10,12,14,21H,11,13,15H2,1H3,(H,28,32)/t21-,25-/m0/s1. The first-order valence-corrected chi connectivity index (χ1v) is 11.4. The molecule has 2 atom stereocenters. The van der Waals surface area contributed by atoms with Crippen molar-refractivity contribution in [2.75, 3.05) is 19.0 Å². The highest BCUT2D eigenvalue weighted by molar-refractivity contribution is 6.39. The Labute approximate surface area is 205 Å². The number of rotatable bonds is 9. The molecule has 180 valence electrons. The summed E-state index contributed by atoms with van der Waals surface area (Å²) in [6.45, 7) is 0.367. The summed E-state index contributed by atoms with van der Waals surface area (Å²) in [5.74, 6) is 1.14. The van der Waals surface area contributed by atoms with Gasteiger partial charge in [-0.1, -0.05) is 18.2 Å². The third kappa shape index (κ3) is 4.85. The third-order valence-electron chi connectivity index (χ3n) is 5.65. The maximum absolute atomic E-state index is 13.5. The van der Waals surface area contributed by atoms with Crippen LogP contribution >= 0.6 is 11.6 Å². The van der Waals surface area contributed by atoms with Crippen molar-refractivity contribution in [3.8, 4) is 29.0 Å². The number of nitrogens with zero attached hydrogens (tertiary/aromatic N) is 3. The number of nitrogens with one attached hydrogen (secondary N) is 1. The predicted molar refractivity (Wildman–Crippen MR) is 128 cm³/mol. The number of furan rings is 1. The van der Waals surface area contributed by atoms with E-state index in [9.17, 15) is 9.18 Å². The zero-order valence-corrected chi connectivity index (χ0v) is 19.5. The topological polar surface area (TPSA) is 91.4 Å². The van der Waals surface area contributed by atoms with Crippen LogP contribution in [-0.2, 0) is 11.2 Å². The van der Waals surface area contributed by atoms with Gasteiger partial charge >= 0.3 is 6.01 Å². The zero-order chi connectivity index (χ0) is 24.4. The summed E-state index contributed by atoms with van der Waals surface area (Å²) in [5, 5.41) is 7.16. The Kier molecular flexibility index (Phi) is 6.17. The quantitative estimate of drug-likeness (QED) is 0.334. The lowest BCUT2D eigenvalue weighted by Crippen LogP contribution is -2.27. The number of aromatic nitrogens is 3. The Morgan fingerprint density at radius 3 is 2.74 bits per heavy atom. The molecular weight excluding hydrogens is 475 g/mol. The molecule has 10 heteroatoms. The second-order valence-corrected chi connectivity index (χ2v) is 8.77. The largest absolute Gasteiger partial charge is 0.497 e. The third-order valence-corrected chi connectivity index (χ3v) is 6.21. The molecule has 1 aliphatic rings. The van der Waals surface area contributed by atoms with Crippen LogP contribution in [0.25, 0.3) is 17.3 Å². The van der Waals surface area contributed by atoms with Crippen molar-refractivity contribution in [3.05, 3.63) is 72.5 Å². The summed E-state index contributed by atoms with van der Waals surface area (Å²) in [6, 6.07) is 18.3. The van der Waals surface area contributed by atoms with Crippen LogP contribution in [0.1, 0.15) is 12.0 Å². The number of alkyl halides is 2. The number of amides is 1. The smallest absolute Gasteiger partial charge is 0.336 e. The lowest BCUT2D eigenvalue weighted by molar-refractivity contribution is -0.116. The highest BCUT2D eigenvalue weighted by Gasteiger charge is 2.60. The molecule has 1 aliphatic carbocycles. The maximum Gasteiger partial charge on any atom is 0.336 e. The summed E-state index contributed by atoms with van der Waals surface area (Å²) in [6.07, 6.45) is 0.860. The van der Waals surface area contributed by atoms with Crippen LogP contribution in [0.15, 0.2) is 71.3 Å². The summed E-state index contributed by atoms with van der Waals surface area (Å²) in [7, 11) is 1.63. The molecule has 1 fully saturated rings. The van der Waals surface area contributed by atoms with E-state index in [-0.39, 0.29) is 12.4 Å². The van der Waals surface area contributed by atoms with Crippen molar-refractivity contribution in [2.45, 2.75) is 23.9 Å². The van der Waals surface area contributed by atoms with Crippen LogP contribution < -0.4 is 14.8 Å². The predicted octanol–water partition coefficient (Wildman–Crippen LogP) is 4.82. The summed E-state index contributed by atoms with van der Waals surface area (Å²) >= 11 is 6.01. The molecule has 35 heavy (non-hydrogen) atoms. The van der Waals surface area contributed by atoms with Gasteiger partial charge in [0, 0.05) is 18.5 Å². The second-order valence-electron chi connectivity index (χ2n) is 8.09. The van der Waals surface area contributed by atoms with E-state index in [4.69, 9.17) is 25.5 Å². The van der Waals surface area contributed by atoms with Gasteiger partial charge in [-0.3, -0.25) is 4.79 Å². The fourth-order valence-electron chi connectivity index (χ4n) is 3.54. The van der Waals surface area contributed by atoms with Gasteiger partial charge in [0.1, 0.15) is 11.9 Å². The number of halogens is 2. The fourth-order valence-corrected chi connectivity index (χ4v) is 3.72. The van der Waals surface area contributed by atoms with Crippen molar-refractivity contribution in [1.82, 2.24) is 14.8 Å². The first kappa shape index (κ1) is 22.9. The Morgan fingerprint density at radius 1 is 1.26 bits per heavy atom. The van der Waals surface area contributed by atoms with Crippen molar-refractivity contribution in [2.24, 2.45) is 0 Å². The minimum Gasteiger partial charge on any atom is -0.497 e. The Hall–Kier alpha value is -3.85.